The number of sulfone groups is 1. The molecule has 1 N–H and O–H groups in total. The zero-order valence-electron chi connectivity index (χ0n) is 15.7. The Morgan fingerprint density at radius 2 is 1.62 bits per heavy atom. The number of benzene rings is 2. The van der Waals surface area contributed by atoms with Crippen molar-refractivity contribution in [3.63, 3.8) is 0 Å². The van der Waals surface area contributed by atoms with E-state index in [9.17, 15) is 17.6 Å². The fraction of sp³-hybridized carbons (Fsp3) is 0.227. The Morgan fingerprint density at radius 3 is 2.28 bits per heavy atom. The lowest BCUT2D eigenvalue weighted by Crippen LogP contribution is -2.42. The van der Waals surface area contributed by atoms with Crippen molar-refractivity contribution < 1.29 is 17.6 Å². The van der Waals surface area contributed by atoms with Crippen LogP contribution in [-0.4, -0.2) is 42.5 Å². The van der Waals surface area contributed by atoms with Gasteiger partial charge in [-0.05, 0) is 54.3 Å². The molecular weight excluding hydrogens is 391 g/mol. The van der Waals surface area contributed by atoms with Crippen LogP contribution in [0.5, 0.6) is 0 Å². The number of rotatable bonds is 4. The van der Waals surface area contributed by atoms with Crippen LogP contribution in [0, 0.1) is 5.82 Å². The number of amides is 1. The molecule has 2 heterocycles. The fourth-order valence-electron chi connectivity index (χ4n) is 3.67. The molecule has 4 rings (SSSR count). The van der Waals surface area contributed by atoms with Crippen LogP contribution in [0.3, 0.4) is 0 Å². The standard InChI is InChI=1S/C22H21FN2O3S/c23-18-8-6-16(7-9-18)17-14-21(24-15-17)22(26)25-12-10-20(11-13-25)29(27,28)19-4-2-1-3-5-19/h1-9,14-15,20,24H,10-13H2. The summed E-state index contributed by atoms with van der Waals surface area (Å²) in [5.74, 6) is -0.470. The number of aromatic nitrogens is 1. The highest BCUT2D eigenvalue weighted by Gasteiger charge is 2.33. The summed E-state index contributed by atoms with van der Waals surface area (Å²) >= 11 is 0. The van der Waals surface area contributed by atoms with Crippen molar-refractivity contribution in [2.24, 2.45) is 0 Å². The van der Waals surface area contributed by atoms with Crippen molar-refractivity contribution in [2.45, 2.75) is 23.0 Å². The number of hydrogen-bond donors (Lipinski definition) is 1. The molecule has 0 unspecified atom stereocenters. The van der Waals surface area contributed by atoms with Crippen LogP contribution < -0.4 is 0 Å². The quantitative estimate of drug-likeness (QED) is 0.707. The van der Waals surface area contributed by atoms with Crippen LogP contribution in [0.1, 0.15) is 23.3 Å². The molecule has 1 aromatic heterocycles. The van der Waals surface area contributed by atoms with E-state index in [1.54, 1.807) is 59.6 Å². The number of piperidine rings is 1. The van der Waals surface area contributed by atoms with Gasteiger partial charge in [0.25, 0.3) is 5.91 Å². The van der Waals surface area contributed by atoms with Crippen LogP contribution in [0.4, 0.5) is 4.39 Å². The summed E-state index contributed by atoms with van der Waals surface area (Å²) < 4.78 is 38.7. The number of H-pyrrole nitrogens is 1. The van der Waals surface area contributed by atoms with Gasteiger partial charge in [-0.3, -0.25) is 4.79 Å². The summed E-state index contributed by atoms with van der Waals surface area (Å²) in [6.07, 6.45) is 2.54. The van der Waals surface area contributed by atoms with Gasteiger partial charge in [-0.1, -0.05) is 30.3 Å². The van der Waals surface area contributed by atoms with Gasteiger partial charge in [-0.25, -0.2) is 12.8 Å². The Hall–Kier alpha value is -2.93. The molecule has 0 saturated carbocycles. The van der Waals surface area contributed by atoms with Crippen molar-refractivity contribution in [3.05, 3.63) is 78.4 Å². The predicted molar refractivity (Wildman–Crippen MR) is 109 cm³/mol. The molecule has 1 amide bonds. The maximum atomic E-state index is 13.1. The Labute approximate surface area is 169 Å². The van der Waals surface area contributed by atoms with E-state index in [1.165, 1.54) is 12.1 Å². The molecule has 0 atom stereocenters. The highest BCUT2D eigenvalue weighted by molar-refractivity contribution is 7.92. The Morgan fingerprint density at radius 1 is 0.966 bits per heavy atom. The van der Waals surface area contributed by atoms with Crippen molar-refractivity contribution in [1.82, 2.24) is 9.88 Å². The first kappa shape index (κ1) is 19.4. The average molecular weight is 412 g/mol. The molecule has 1 aliphatic heterocycles. The summed E-state index contributed by atoms with van der Waals surface area (Å²) in [5, 5.41) is -0.479. The molecule has 1 aliphatic rings. The SMILES string of the molecule is O=C(c1cc(-c2ccc(F)cc2)c[nH]1)N1CCC(S(=O)(=O)c2ccccc2)CC1. The van der Waals surface area contributed by atoms with Gasteiger partial charge in [-0.15, -0.1) is 0 Å². The highest BCUT2D eigenvalue weighted by Crippen LogP contribution is 2.26. The monoisotopic (exact) mass is 412 g/mol. The lowest BCUT2D eigenvalue weighted by molar-refractivity contribution is 0.0720. The summed E-state index contributed by atoms with van der Waals surface area (Å²) in [4.78, 5) is 17.8. The average Bonchev–Trinajstić information content (AvgIpc) is 3.25. The summed E-state index contributed by atoms with van der Waals surface area (Å²) in [5.41, 5.74) is 2.05. The van der Waals surface area contributed by atoms with Crippen LogP contribution in [0.25, 0.3) is 11.1 Å². The minimum Gasteiger partial charge on any atom is -0.357 e. The number of aromatic amines is 1. The first-order valence-electron chi connectivity index (χ1n) is 9.48. The van der Waals surface area contributed by atoms with E-state index < -0.39 is 15.1 Å². The molecular formula is C22H21FN2O3S. The molecule has 0 bridgehead atoms. The van der Waals surface area contributed by atoms with Gasteiger partial charge in [0, 0.05) is 19.3 Å². The van der Waals surface area contributed by atoms with Gasteiger partial charge in [0.2, 0.25) is 0 Å². The van der Waals surface area contributed by atoms with Crippen molar-refractivity contribution in [1.29, 1.82) is 0 Å². The molecule has 29 heavy (non-hydrogen) atoms. The lowest BCUT2D eigenvalue weighted by atomic mass is 10.1. The molecule has 1 saturated heterocycles. The minimum atomic E-state index is -3.39. The summed E-state index contributed by atoms with van der Waals surface area (Å²) in [6, 6.07) is 16.3. The van der Waals surface area contributed by atoms with Crippen LogP contribution in [0.15, 0.2) is 71.8 Å². The van der Waals surface area contributed by atoms with Crippen molar-refractivity contribution in [2.75, 3.05) is 13.1 Å². The molecule has 0 radical (unpaired) electrons. The molecule has 3 aromatic rings. The highest BCUT2D eigenvalue weighted by atomic mass is 32.2. The summed E-state index contributed by atoms with van der Waals surface area (Å²) in [6.45, 7) is 0.779. The van der Waals surface area contributed by atoms with Gasteiger partial charge in [-0.2, -0.15) is 0 Å². The largest absolute Gasteiger partial charge is 0.357 e. The van der Waals surface area contributed by atoms with E-state index in [4.69, 9.17) is 0 Å². The zero-order chi connectivity index (χ0) is 20.4. The number of halogens is 1. The van der Waals surface area contributed by atoms with Gasteiger partial charge in [0.05, 0.1) is 10.1 Å². The molecule has 0 aliphatic carbocycles. The van der Waals surface area contributed by atoms with Gasteiger partial charge >= 0.3 is 0 Å². The maximum Gasteiger partial charge on any atom is 0.270 e. The van der Waals surface area contributed by atoms with Gasteiger partial charge in [0.1, 0.15) is 11.5 Å². The molecule has 5 nitrogen and oxygen atoms in total. The molecule has 0 spiro atoms. The number of nitrogens with zero attached hydrogens (tertiary/aromatic N) is 1. The number of likely N-dealkylation sites (tertiary alicyclic amines) is 1. The van der Waals surface area contributed by atoms with E-state index in [-0.39, 0.29) is 11.7 Å². The van der Waals surface area contributed by atoms with Gasteiger partial charge in [0.15, 0.2) is 9.84 Å². The van der Waals surface area contributed by atoms with Crippen molar-refractivity contribution in [3.8, 4) is 11.1 Å². The van der Waals surface area contributed by atoms with E-state index in [0.29, 0.717) is 36.5 Å². The second-order valence-electron chi connectivity index (χ2n) is 7.16. The van der Waals surface area contributed by atoms with Gasteiger partial charge < -0.3 is 9.88 Å². The van der Waals surface area contributed by atoms with Crippen LogP contribution >= 0.6 is 0 Å². The topological polar surface area (TPSA) is 70.2 Å². The Kier molecular flexibility index (Phi) is 5.24. The number of hydrogen-bond acceptors (Lipinski definition) is 3. The fourth-order valence-corrected chi connectivity index (χ4v) is 5.42. The molecule has 7 heteroatoms. The van der Waals surface area contributed by atoms with E-state index in [2.05, 4.69) is 4.98 Å². The lowest BCUT2D eigenvalue weighted by Gasteiger charge is -2.31. The van der Waals surface area contributed by atoms with E-state index in [1.807, 2.05) is 0 Å². The zero-order valence-corrected chi connectivity index (χ0v) is 16.5. The van der Waals surface area contributed by atoms with Crippen molar-refractivity contribution >= 4 is 15.7 Å². The number of carbonyl (C=O) groups excluding carboxylic acids is 1. The Bertz CT molecular complexity index is 1100. The van der Waals surface area contributed by atoms with E-state index in [0.717, 1.165) is 11.1 Å². The smallest absolute Gasteiger partial charge is 0.270 e. The first-order chi connectivity index (χ1) is 13.9. The first-order valence-corrected chi connectivity index (χ1v) is 11.0. The third kappa shape index (κ3) is 3.96. The summed E-state index contributed by atoms with van der Waals surface area (Å²) in [7, 11) is -3.39. The number of nitrogens with one attached hydrogen (secondary N) is 1. The second-order valence-corrected chi connectivity index (χ2v) is 9.39. The second kappa shape index (κ2) is 7.83. The third-order valence-corrected chi connectivity index (χ3v) is 7.61. The Balaban J connectivity index is 1.43. The molecule has 1 fully saturated rings. The minimum absolute atomic E-state index is 0.158. The normalized spacial score (nSPS) is 15.4. The van der Waals surface area contributed by atoms with E-state index >= 15 is 0 Å². The third-order valence-electron chi connectivity index (χ3n) is 5.33. The maximum absolute atomic E-state index is 13.1. The molecule has 150 valence electrons. The van der Waals surface area contributed by atoms with Crippen LogP contribution in [-0.2, 0) is 9.84 Å². The predicted octanol–water partition coefficient (Wildman–Crippen LogP) is 3.90. The number of carbonyl (C=O) groups is 1. The molecule has 2 aromatic carbocycles. The van der Waals surface area contributed by atoms with Crippen LogP contribution in [0.2, 0.25) is 0 Å².